The average Bonchev–Trinajstić information content (AvgIpc) is 1.58. The van der Waals surface area contributed by atoms with Crippen molar-refractivity contribution < 1.29 is 111 Å². The number of carbonyl (C=O) groups is 10. The zero-order chi connectivity index (χ0) is 89.8. The molecule has 4 aromatic carbocycles. The largest absolute Gasteiger partial charge is 1.00 e. The molecular formula is C92H119I3LiN9O19. The second-order valence-corrected chi connectivity index (χ2v) is 35.0. The fourth-order valence-electron chi connectivity index (χ4n) is 13.2. The molecule has 7 heterocycles. The number of ether oxygens (including phenoxy) is 6. The molecule has 0 unspecified atom stereocenters. The monoisotopic (exact) mass is 2040 g/mol. The first-order chi connectivity index (χ1) is 57.1. The van der Waals surface area contributed by atoms with Gasteiger partial charge in [0.05, 0.1) is 32.4 Å². The number of fused-ring (bicyclic) bond motifs is 2. The van der Waals surface area contributed by atoms with Crippen LogP contribution >= 0.6 is 67.8 Å². The molecule has 2 aliphatic heterocycles. The van der Waals surface area contributed by atoms with Crippen molar-refractivity contribution in [2.24, 2.45) is 5.73 Å². The van der Waals surface area contributed by atoms with Crippen LogP contribution in [0.25, 0.3) is 0 Å². The fourth-order valence-corrected chi connectivity index (χ4v) is 15.0. The zero-order valence-corrected chi connectivity index (χ0v) is 79.7. The number of carboxylic acid groups (broad SMARTS) is 1. The van der Waals surface area contributed by atoms with Crippen LogP contribution in [0.4, 0.5) is 0 Å². The number of amides is 2. The molecule has 0 radical (unpaired) electrons. The van der Waals surface area contributed by atoms with Crippen LogP contribution in [0.3, 0.4) is 0 Å². The zero-order valence-electron chi connectivity index (χ0n) is 73.3. The quantitative estimate of drug-likeness (QED) is 0.00843. The van der Waals surface area contributed by atoms with Gasteiger partial charge < -0.3 is 94.7 Å². The van der Waals surface area contributed by atoms with Crippen LogP contribution in [0.5, 0.6) is 0 Å². The van der Waals surface area contributed by atoms with Crippen LogP contribution in [0.1, 0.15) is 200 Å². The molecule has 2 amide bonds. The van der Waals surface area contributed by atoms with E-state index >= 15 is 0 Å². The van der Waals surface area contributed by atoms with Crippen LogP contribution < -0.4 is 29.9 Å². The second-order valence-electron chi connectivity index (χ2n) is 31.8. The molecule has 0 aliphatic carbocycles. The smallest absolute Gasteiger partial charge is 0.870 e. The topological polar surface area (TPSA) is 420 Å². The Bertz CT molecular complexity index is 4970. The molecule has 0 saturated carbocycles. The summed E-state index contributed by atoms with van der Waals surface area (Å²) in [6.07, 6.45) is 8.97. The van der Waals surface area contributed by atoms with Gasteiger partial charge >= 0.3 is 60.6 Å². The summed E-state index contributed by atoms with van der Waals surface area (Å²) in [7, 11) is 4.09. The van der Waals surface area contributed by atoms with Gasteiger partial charge in [0, 0.05) is 57.9 Å². The third kappa shape index (κ3) is 32.7. The number of aliphatic hydroxyl groups is 1. The molecule has 2 aliphatic rings. The summed E-state index contributed by atoms with van der Waals surface area (Å²) < 4.78 is 33.2. The van der Waals surface area contributed by atoms with Crippen molar-refractivity contribution in [3.05, 3.63) is 251 Å². The van der Waals surface area contributed by atoms with Crippen molar-refractivity contribution in [1.29, 1.82) is 0 Å². The van der Waals surface area contributed by atoms with Crippen LogP contribution in [0.2, 0.25) is 0 Å². The average molecular weight is 2040 g/mol. The Morgan fingerprint density at radius 3 is 1.19 bits per heavy atom. The number of H-pyrrole nitrogens is 5. The molecule has 124 heavy (non-hydrogen) atoms. The molecule has 32 heteroatoms. The molecule has 4 atom stereocenters. The van der Waals surface area contributed by atoms with Gasteiger partial charge in [-0.2, -0.15) is 0 Å². The number of nitrogens with zero attached hydrogens (tertiary/aromatic N) is 2. The van der Waals surface area contributed by atoms with Crippen LogP contribution in [-0.4, -0.2) is 199 Å². The van der Waals surface area contributed by atoms with Gasteiger partial charge in [-0.15, -0.1) is 0 Å². The molecule has 668 valence electrons. The molecule has 0 saturated heterocycles. The minimum absolute atomic E-state index is 0. The number of methoxy groups -OCH3 is 3. The van der Waals surface area contributed by atoms with Gasteiger partial charge in [-0.3, -0.25) is 19.2 Å². The minimum Gasteiger partial charge on any atom is -0.870 e. The van der Waals surface area contributed by atoms with Crippen molar-refractivity contribution in [1.82, 2.24) is 40.0 Å². The maximum absolute atomic E-state index is 12.8. The summed E-state index contributed by atoms with van der Waals surface area (Å²) >= 11 is 6.42. The number of aliphatic carboxylic acids is 1. The molecule has 0 fully saturated rings. The van der Waals surface area contributed by atoms with Gasteiger partial charge in [0.1, 0.15) is 75.7 Å². The summed E-state index contributed by atoms with van der Waals surface area (Å²) in [4.78, 5) is 138. The van der Waals surface area contributed by atoms with Gasteiger partial charge in [-0.25, -0.2) is 24.0 Å². The van der Waals surface area contributed by atoms with Crippen LogP contribution in [-0.2, 0) is 110 Å². The van der Waals surface area contributed by atoms with Gasteiger partial charge in [-0.1, -0.05) is 129 Å². The number of hydrogen-bond donors (Lipinski definition) is 9. The van der Waals surface area contributed by atoms with Gasteiger partial charge in [-0.05, 0) is 281 Å². The predicted molar refractivity (Wildman–Crippen MR) is 495 cm³/mol. The van der Waals surface area contributed by atoms with E-state index in [1.807, 2.05) is 224 Å². The van der Waals surface area contributed by atoms with Crippen LogP contribution in [0, 0.1) is 45.7 Å². The van der Waals surface area contributed by atoms with Crippen molar-refractivity contribution in [2.45, 2.75) is 203 Å². The van der Waals surface area contributed by atoms with E-state index in [0.717, 1.165) is 102 Å². The van der Waals surface area contributed by atoms with E-state index in [-0.39, 0.29) is 86.5 Å². The Labute approximate surface area is 779 Å². The summed E-state index contributed by atoms with van der Waals surface area (Å²) in [5, 5.41) is 21.9. The number of aromatic amines is 5. The molecule has 28 nitrogen and oxygen atoms in total. The van der Waals surface area contributed by atoms with E-state index in [0.29, 0.717) is 93.0 Å². The maximum Gasteiger partial charge on any atom is 1.00 e. The Morgan fingerprint density at radius 2 is 0.839 bits per heavy atom. The number of aldehydes is 1. The van der Waals surface area contributed by atoms with Gasteiger partial charge in [0.25, 0.3) is 11.8 Å². The Kier molecular flexibility index (Phi) is 45.2. The van der Waals surface area contributed by atoms with Gasteiger partial charge in [0.15, 0.2) is 0 Å². The normalized spacial score (nSPS) is 12.9. The maximum atomic E-state index is 12.8. The summed E-state index contributed by atoms with van der Waals surface area (Å²) in [6, 6.07) is 36.0. The number of carbonyl (C=O) groups excluding carboxylic acids is 9. The summed E-state index contributed by atoms with van der Waals surface area (Å²) in [6.45, 7) is 27.7. The third-order valence-corrected chi connectivity index (χ3v) is 22.6. The standard InChI is InChI=1S/C22H29IN2O4.C18H20N2O3.C17H18N2O3.C12H18INO3.C12H16INO3.C10H13NO2.CH4.Li.H2O/c1-14-16(18(25-19(14)23)21(27)29-22(2,3)4)11-12-24-17(20(26)28-5)13-15-9-7-6-8-10-15;1-12-11-19-16-14(12)8-9-20(17(16)21)15(18(22)23-2)10-13-6-4-3-5-7-13;1-11-10-18-15-13(11)7-8-19(16(15)20)14(17(21)22)9-12-5-3-2-4-6-12;2*1-7-8(5-6-15)9(14-10(7)13)11(16)17-12(2,3)4;1-13-10(12)9(11)7-8-5-3-2-4-6-8;;;/h6-10,17,24-25H,11-13H2,1-5H3;3-7,11,15,19H,8-10H2,1-2H3;2-6,10,14,18H,7-9H2,1H3,(H,21,22);14-15H,5-6H2,1-4H3;6,14H,5H2,1-4H3;2-6,9H,7,11H2,1H3;1H4;;1H2/q;;;;;;;+1;/p-1/t17-;15-;14-;;;9-;;;/m000..0.../s1. The van der Waals surface area contributed by atoms with Gasteiger partial charge in [0.2, 0.25) is 0 Å². The second kappa shape index (κ2) is 51.4. The number of nitrogens with one attached hydrogen (secondary N) is 6. The minimum atomic E-state index is -0.969. The molecule has 0 bridgehead atoms. The van der Waals surface area contributed by atoms with Crippen molar-refractivity contribution in [3.8, 4) is 0 Å². The molecule has 11 N–H and O–H groups in total. The first-order valence-electron chi connectivity index (χ1n) is 39.5. The van der Waals surface area contributed by atoms with E-state index in [1.165, 1.54) is 26.2 Å². The number of carboxylic acids is 1. The Hall–Kier alpha value is -9.19. The van der Waals surface area contributed by atoms with E-state index in [4.69, 9.17) is 34.5 Å². The number of nitrogens with two attached hydrogens (primary N) is 1. The van der Waals surface area contributed by atoms with Crippen molar-refractivity contribution in [3.63, 3.8) is 0 Å². The first kappa shape index (κ1) is 109. The molecule has 11 rings (SSSR count). The van der Waals surface area contributed by atoms with E-state index < -0.39 is 52.9 Å². The van der Waals surface area contributed by atoms with E-state index in [9.17, 15) is 53.1 Å². The number of benzene rings is 4. The SMILES string of the molecule is C.COC(=O)[C@@H](N)Cc1ccccc1.COC(=O)[C@H](Cc1ccccc1)N1CCc2c(C)c[nH]c2C1=O.COC(=O)[C@H](Cc1ccccc1)NCCc1c(C(=O)OC(C)(C)C)[nH]c(I)c1C.Cc1c(I)[nH]c(C(=O)OC(C)(C)C)c1CC=O.Cc1c(I)[nH]c(C(=O)OC(C)(C)C)c1CCO.Cc1c[nH]c2c1CCN([C@@H](Cc1ccccc1)C(=O)O)C2=O.[Li+].[OH-]. The first-order valence-corrected chi connectivity index (χ1v) is 42.7. The molecule has 0 spiro atoms. The Balaban J connectivity index is 0.000000389. The number of aryl methyl sites for hydroxylation is 2. The fraction of sp³-hybridized carbons (Fsp3) is 0.413. The summed E-state index contributed by atoms with van der Waals surface area (Å²) in [5.74, 6) is -3.54. The number of esters is 6. The summed E-state index contributed by atoms with van der Waals surface area (Å²) in [5.41, 5.74) is 20.0. The number of aliphatic hydroxyl groups excluding tert-OH is 1. The number of aromatic nitrogens is 5. The molecule has 5 aromatic heterocycles. The molecule has 9 aromatic rings. The van der Waals surface area contributed by atoms with Crippen LogP contribution in [0.15, 0.2) is 134 Å². The van der Waals surface area contributed by atoms with Crippen molar-refractivity contribution in [2.75, 3.05) is 47.6 Å². The number of halogens is 3. The molecular weight excluding hydrogens is 1920 g/mol. The van der Waals surface area contributed by atoms with Crippen molar-refractivity contribution >= 4 is 128 Å². The Morgan fingerprint density at radius 1 is 0.508 bits per heavy atom. The van der Waals surface area contributed by atoms with E-state index in [1.54, 1.807) is 11.1 Å². The van der Waals surface area contributed by atoms with E-state index in [2.05, 4.69) is 103 Å². The third-order valence-electron chi connectivity index (χ3n) is 19.4. The predicted octanol–water partition coefficient (Wildman–Crippen LogP) is 11.2. The number of hydrogen-bond acceptors (Lipinski definition) is 20. The number of rotatable bonds is 25.